The molecule has 20 heavy (non-hydrogen) atoms. The minimum absolute atomic E-state index is 0.424. The van der Waals surface area contributed by atoms with Crippen LogP contribution in [0.3, 0.4) is 0 Å². The molecule has 0 spiro atoms. The van der Waals surface area contributed by atoms with E-state index >= 15 is 0 Å². The van der Waals surface area contributed by atoms with Crippen LogP contribution in [0.5, 0.6) is 5.75 Å². The van der Waals surface area contributed by atoms with Crippen LogP contribution in [0, 0.1) is 0 Å². The molecule has 2 N–H and O–H groups in total. The van der Waals surface area contributed by atoms with Crippen LogP contribution in [0.2, 0.25) is 0 Å². The highest BCUT2D eigenvalue weighted by molar-refractivity contribution is 9.11. The molecule has 2 aromatic carbocycles. The fourth-order valence-electron chi connectivity index (χ4n) is 1.82. The van der Waals surface area contributed by atoms with Gasteiger partial charge >= 0.3 is 0 Å². The van der Waals surface area contributed by atoms with Crippen LogP contribution in [-0.4, -0.2) is 18.8 Å². The van der Waals surface area contributed by atoms with Gasteiger partial charge in [0.25, 0.3) is 0 Å². The first-order valence-corrected chi connectivity index (χ1v) is 7.70. The summed E-state index contributed by atoms with van der Waals surface area (Å²) in [4.78, 5) is 0. The van der Waals surface area contributed by atoms with Crippen molar-refractivity contribution in [1.29, 1.82) is 0 Å². The van der Waals surface area contributed by atoms with E-state index in [2.05, 4.69) is 37.2 Å². The Morgan fingerprint density at radius 2 is 1.85 bits per heavy atom. The van der Waals surface area contributed by atoms with Gasteiger partial charge in [-0.15, -0.1) is 0 Å². The lowest BCUT2D eigenvalue weighted by Crippen LogP contribution is -2.12. The zero-order chi connectivity index (χ0) is 14.5. The van der Waals surface area contributed by atoms with Crippen LogP contribution < -0.4 is 10.1 Å². The van der Waals surface area contributed by atoms with Crippen LogP contribution >= 0.6 is 31.9 Å². The predicted molar refractivity (Wildman–Crippen MR) is 88.3 cm³/mol. The molecule has 1 unspecified atom stereocenters. The number of rotatable bonds is 5. The van der Waals surface area contributed by atoms with E-state index in [0.717, 1.165) is 25.9 Å². The summed E-state index contributed by atoms with van der Waals surface area (Å²) in [6, 6.07) is 13.4. The Labute approximate surface area is 135 Å². The summed E-state index contributed by atoms with van der Waals surface area (Å²) in [6.45, 7) is 0.424. The van der Waals surface area contributed by atoms with E-state index in [-0.39, 0.29) is 0 Å². The second-order valence-corrected chi connectivity index (χ2v) is 5.98. The highest BCUT2D eigenvalue weighted by atomic mass is 79.9. The number of ether oxygens (including phenoxy) is 1. The van der Waals surface area contributed by atoms with Crippen molar-refractivity contribution in [3.05, 3.63) is 57.0 Å². The van der Waals surface area contributed by atoms with Crippen LogP contribution in [0.25, 0.3) is 0 Å². The van der Waals surface area contributed by atoms with Crippen molar-refractivity contribution in [3.8, 4) is 5.75 Å². The molecule has 0 radical (unpaired) electrons. The third-order valence-corrected chi connectivity index (χ3v) is 4.19. The molecule has 106 valence electrons. The minimum atomic E-state index is -0.558. The lowest BCUT2D eigenvalue weighted by molar-refractivity contribution is 0.191. The Morgan fingerprint density at radius 1 is 1.15 bits per heavy atom. The van der Waals surface area contributed by atoms with Crippen molar-refractivity contribution in [2.24, 2.45) is 0 Å². The van der Waals surface area contributed by atoms with Crippen LogP contribution in [0.1, 0.15) is 11.7 Å². The Bertz CT molecular complexity index is 576. The summed E-state index contributed by atoms with van der Waals surface area (Å²) in [5.74, 6) is 0.741. The molecule has 3 nitrogen and oxygen atoms in total. The number of hydrogen-bond donors (Lipinski definition) is 2. The summed E-state index contributed by atoms with van der Waals surface area (Å²) < 4.78 is 7.05. The molecule has 0 aliphatic heterocycles. The van der Waals surface area contributed by atoms with E-state index < -0.39 is 6.10 Å². The molecular formula is C15H15Br2NO2. The molecule has 2 rings (SSSR count). The standard InChI is InChI=1S/C15H15Br2NO2/c1-20-15-8-13(11(16)7-12(15)17)18-9-14(19)10-5-3-2-4-6-10/h2-8,14,18-19H,9H2,1H3. The first kappa shape index (κ1) is 15.4. The highest BCUT2D eigenvalue weighted by Gasteiger charge is 2.10. The molecule has 0 fully saturated rings. The fourth-order valence-corrected chi connectivity index (χ4v) is 3.12. The van der Waals surface area contributed by atoms with Crippen molar-refractivity contribution in [2.75, 3.05) is 19.0 Å². The summed E-state index contributed by atoms with van der Waals surface area (Å²) in [5, 5.41) is 13.4. The summed E-state index contributed by atoms with van der Waals surface area (Å²) >= 11 is 6.91. The van der Waals surface area contributed by atoms with Gasteiger partial charge in [0.2, 0.25) is 0 Å². The number of aliphatic hydroxyl groups excluding tert-OH is 1. The molecule has 0 amide bonds. The van der Waals surface area contributed by atoms with Gasteiger partial charge in [0, 0.05) is 17.1 Å². The van der Waals surface area contributed by atoms with E-state index in [1.54, 1.807) is 7.11 Å². The molecule has 0 aromatic heterocycles. The van der Waals surface area contributed by atoms with Gasteiger partial charge < -0.3 is 15.2 Å². The number of anilines is 1. The van der Waals surface area contributed by atoms with Crippen LogP contribution in [-0.2, 0) is 0 Å². The highest BCUT2D eigenvalue weighted by Crippen LogP contribution is 2.34. The van der Waals surface area contributed by atoms with Gasteiger partial charge in [-0.1, -0.05) is 30.3 Å². The number of benzene rings is 2. The molecule has 0 aliphatic rings. The summed E-state index contributed by atoms with van der Waals surface area (Å²) in [6.07, 6.45) is -0.558. The van der Waals surface area contributed by atoms with Crippen molar-refractivity contribution in [2.45, 2.75) is 6.10 Å². The number of nitrogens with one attached hydrogen (secondary N) is 1. The van der Waals surface area contributed by atoms with Crippen LogP contribution in [0.4, 0.5) is 5.69 Å². The molecular weight excluding hydrogens is 386 g/mol. The molecule has 0 aliphatic carbocycles. The van der Waals surface area contributed by atoms with Gasteiger partial charge in [-0.25, -0.2) is 0 Å². The maximum Gasteiger partial charge on any atom is 0.135 e. The first-order chi connectivity index (χ1) is 9.61. The molecule has 1 atom stereocenters. The number of hydrogen-bond acceptors (Lipinski definition) is 3. The van der Waals surface area contributed by atoms with E-state index in [0.29, 0.717) is 6.54 Å². The normalized spacial score (nSPS) is 12.0. The largest absolute Gasteiger partial charge is 0.495 e. The van der Waals surface area contributed by atoms with Gasteiger partial charge in [-0.05, 0) is 43.5 Å². The van der Waals surface area contributed by atoms with Gasteiger partial charge in [-0.2, -0.15) is 0 Å². The van der Waals surface area contributed by atoms with Gasteiger partial charge in [0.15, 0.2) is 0 Å². The van der Waals surface area contributed by atoms with E-state index in [1.807, 2.05) is 42.5 Å². The summed E-state index contributed by atoms with van der Waals surface area (Å²) in [7, 11) is 1.62. The van der Waals surface area contributed by atoms with Crippen molar-refractivity contribution >= 4 is 37.5 Å². The topological polar surface area (TPSA) is 41.5 Å². The van der Waals surface area contributed by atoms with E-state index in [4.69, 9.17) is 4.74 Å². The van der Waals surface area contributed by atoms with Gasteiger partial charge in [0.1, 0.15) is 5.75 Å². The fraction of sp³-hybridized carbons (Fsp3) is 0.200. The van der Waals surface area contributed by atoms with Crippen molar-refractivity contribution in [1.82, 2.24) is 0 Å². The van der Waals surface area contributed by atoms with Gasteiger partial charge in [0.05, 0.1) is 23.4 Å². The van der Waals surface area contributed by atoms with E-state index in [1.165, 1.54) is 0 Å². The molecule has 0 saturated heterocycles. The third-order valence-electron chi connectivity index (χ3n) is 2.91. The lowest BCUT2D eigenvalue weighted by Gasteiger charge is -2.15. The zero-order valence-corrected chi connectivity index (χ0v) is 14.1. The number of aliphatic hydroxyl groups is 1. The average molecular weight is 401 g/mol. The quantitative estimate of drug-likeness (QED) is 0.783. The Hall–Kier alpha value is -1.04. The second kappa shape index (κ2) is 7.11. The maximum absolute atomic E-state index is 10.1. The molecule has 5 heteroatoms. The predicted octanol–water partition coefficient (Wildman–Crippen LogP) is 4.37. The summed E-state index contributed by atoms with van der Waals surface area (Å²) in [5.41, 5.74) is 1.76. The second-order valence-electron chi connectivity index (χ2n) is 4.27. The Kier molecular flexibility index (Phi) is 5.46. The van der Waals surface area contributed by atoms with Crippen LogP contribution in [0.15, 0.2) is 51.4 Å². The molecule has 2 aromatic rings. The Morgan fingerprint density at radius 3 is 2.50 bits per heavy atom. The van der Waals surface area contributed by atoms with Crippen molar-refractivity contribution in [3.63, 3.8) is 0 Å². The average Bonchev–Trinajstić information content (AvgIpc) is 2.47. The zero-order valence-electron chi connectivity index (χ0n) is 10.9. The molecule has 0 saturated carbocycles. The lowest BCUT2D eigenvalue weighted by atomic mass is 10.1. The van der Waals surface area contributed by atoms with Gasteiger partial charge in [-0.3, -0.25) is 0 Å². The smallest absolute Gasteiger partial charge is 0.135 e. The maximum atomic E-state index is 10.1. The first-order valence-electron chi connectivity index (χ1n) is 6.11. The third kappa shape index (κ3) is 3.75. The monoisotopic (exact) mass is 399 g/mol. The van der Waals surface area contributed by atoms with E-state index in [9.17, 15) is 5.11 Å². The Balaban J connectivity index is 2.07. The minimum Gasteiger partial charge on any atom is -0.495 e. The molecule has 0 heterocycles. The van der Waals surface area contributed by atoms with Crippen molar-refractivity contribution < 1.29 is 9.84 Å². The SMILES string of the molecule is COc1cc(NCC(O)c2ccccc2)c(Br)cc1Br. The molecule has 0 bridgehead atoms. The number of methoxy groups -OCH3 is 1. The number of halogens is 2.